The summed E-state index contributed by atoms with van der Waals surface area (Å²) in [7, 11) is 0. The normalized spacial score (nSPS) is 16.8. The molecule has 1 aliphatic heterocycles. The van der Waals surface area contributed by atoms with Gasteiger partial charge < -0.3 is 4.90 Å². The van der Waals surface area contributed by atoms with Crippen molar-refractivity contribution in [2.24, 2.45) is 0 Å². The van der Waals surface area contributed by atoms with Gasteiger partial charge >= 0.3 is 0 Å². The van der Waals surface area contributed by atoms with E-state index in [0.717, 1.165) is 12.0 Å². The Bertz CT molecular complexity index is 422. The molecule has 1 aromatic carbocycles. The molecule has 0 atom stereocenters. The van der Waals surface area contributed by atoms with Gasteiger partial charge in [0.15, 0.2) is 0 Å². The first-order valence-corrected chi connectivity index (χ1v) is 6.04. The lowest BCUT2D eigenvalue weighted by atomic mass is 10.1. The summed E-state index contributed by atoms with van der Waals surface area (Å²) in [5.74, 6) is 0.309. The zero-order chi connectivity index (χ0) is 12.3. The number of hydrogen-bond acceptors (Lipinski definition) is 2. The molecule has 0 saturated carbocycles. The summed E-state index contributed by atoms with van der Waals surface area (Å²) < 4.78 is 0. The van der Waals surface area contributed by atoms with Crippen molar-refractivity contribution in [3.63, 3.8) is 0 Å². The second-order valence-electron chi connectivity index (χ2n) is 4.55. The number of ketones is 1. The van der Waals surface area contributed by atoms with E-state index in [-0.39, 0.29) is 11.7 Å². The molecule has 2 rings (SSSR count). The molecule has 3 nitrogen and oxygen atoms in total. The maximum absolute atomic E-state index is 12.2. The van der Waals surface area contributed by atoms with Crippen molar-refractivity contribution >= 4 is 11.7 Å². The highest BCUT2D eigenvalue weighted by molar-refractivity contribution is 5.94. The maximum Gasteiger partial charge on any atom is 0.253 e. The summed E-state index contributed by atoms with van der Waals surface area (Å²) in [5.41, 5.74) is 1.86. The molecule has 0 unspecified atom stereocenters. The topological polar surface area (TPSA) is 37.4 Å². The van der Waals surface area contributed by atoms with Crippen LogP contribution in [0.2, 0.25) is 0 Å². The summed E-state index contributed by atoms with van der Waals surface area (Å²) >= 11 is 0. The van der Waals surface area contributed by atoms with Crippen LogP contribution in [0.1, 0.15) is 35.2 Å². The Hall–Kier alpha value is -1.64. The first kappa shape index (κ1) is 11.8. The lowest BCUT2D eigenvalue weighted by Gasteiger charge is -2.19. The minimum absolute atomic E-state index is 0.0414. The predicted molar refractivity (Wildman–Crippen MR) is 65.9 cm³/mol. The van der Waals surface area contributed by atoms with Gasteiger partial charge in [0.1, 0.15) is 5.78 Å². The minimum atomic E-state index is 0.0414. The Morgan fingerprint density at radius 3 is 2.53 bits per heavy atom. The zero-order valence-corrected chi connectivity index (χ0v) is 10.1. The van der Waals surface area contributed by atoms with E-state index in [0.29, 0.717) is 31.5 Å². The Labute approximate surface area is 101 Å². The number of hydrogen-bond donors (Lipinski definition) is 0. The number of amides is 1. The standard InChI is InChI=1S/C14H17NO2/c1-11-4-6-12(7-5-11)14(17)15-9-2-3-13(16)8-10-15/h4-7H,2-3,8-10H2,1H3. The molecule has 17 heavy (non-hydrogen) atoms. The van der Waals surface area contributed by atoms with Crippen LogP contribution in [0.25, 0.3) is 0 Å². The third-order valence-electron chi connectivity index (χ3n) is 3.13. The molecule has 0 aliphatic carbocycles. The smallest absolute Gasteiger partial charge is 0.253 e. The number of rotatable bonds is 1. The number of carbonyl (C=O) groups excluding carboxylic acids is 2. The first-order valence-electron chi connectivity index (χ1n) is 6.04. The maximum atomic E-state index is 12.2. The molecule has 1 aromatic rings. The van der Waals surface area contributed by atoms with E-state index in [1.807, 2.05) is 31.2 Å². The molecule has 3 heteroatoms. The van der Waals surface area contributed by atoms with Crippen molar-refractivity contribution in [1.29, 1.82) is 0 Å². The monoisotopic (exact) mass is 231 g/mol. The van der Waals surface area contributed by atoms with Gasteiger partial charge in [0.05, 0.1) is 0 Å². The number of likely N-dealkylation sites (tertiary alicyclic amines) is 1. The van der Waals surface area contributed by atoms with Gasteiger partial charge in [-0.2, -0.15) is 0 Å². The van der Waals surface area contributed by atoms with E-state index < -0.39 is 0 Å². The van der Waals surface area contributed by atoms with Crippen LogP contribution in [0.15, 0.2) is 24.3 Å². The Kier molecular flexibility index (Phi) is 3.57. The Morgan fingerprint density at radius 1 is 1.12 bits per heavy atom. The minimum Gasteiger partial charge on any atom is -0.338 e. The van der Waals surface area contributed by atoms with Crippen LogP contribution in [0.3, 0.4) is 0 Å². The van der Waals surface area contributed by atoms with Gasteiger partial charge in [-0.1, -0.05) is 17.7 Å². The second kappa shape index (κ2) is 5.13. The van der Waals surface area contributed by atoms with Crippen molar-refractivity contribution in [1.82, 2.24) is 4.90 Å². The zero-order valence-electron chi connectivity index (χ0n) is 10.1. The summed E-state index contributed by atoms with van der Waals surface area (Å²) in [6.45, 7) is 3.25. The van der Waals surface area contributed by atoms with Crippen molar-refractivity contribution in [3.05, 3.63) is 35.4 Å². The quantitative estimate of drug-likeness (QED) is 0.743. The number of aryl methyl sites for hydroxylation is 1. The van der Waals surface area contributed by atoms with Gasteiger partial charge in [0, 0.05) is 31.5 Å². The highest BCUT2D eigenvalue weighted by Crippen LogP contribution is 2.12. The molecule has 90 valence electrons. The molecule has 1 heterocycles. The van der Waals surface area contributed by atoms with Crippen LogP contribution in [0, 0.1) is 6.92 Å². The Balaban J connectivity index is 2.08. The van der Waals surface area contributed by atoms with E-state index in [1.54, 1.807) is 4.90 Å². The highest BCUT2D eigenvalue weighted by Gasteiger charge is 2.19. The SMILES string of the molecule is Cc1ccc(C(=O)N2CCCC(=O)CC2)cc1. The third kappa shape index (κ3) is 2.93. The van der Waals surface area contributed by atoms with Gasteiger partial charge in [-0.15, -0.1) is 0 Å². The van der Waals surface area contributed by atoms with E-state index in [2.05, 4.69) is 0 Å². The summed E-state index contributed by atoms with van der Waals surface area (Å²) in [4.78, 5) is 25.3. The van der Waals surface area contributed by atoms with Crippen LogP contribution >= 0.6 is 0 Å². The van der Waals surface area contributed by atoms with Crippen molar-refractivity contribution in [2.45, 2.75) is 26.2 Å². The molecule has 0 spiro atoms. The number of nitrogens with zero attached hydrogens (tertiary/aromatic N) is 1. The largest absolute Gasteiger partial charge is 0.338 e. The lowest BCUT2D eigenvalue weighted by Crippen LogP contribution is -2.32. The van der Waals surface area contributed by atoms with E-state index in [1.165, 1.54) is 0 Å². The number of benzene rings is 1. The van der Waals surface area contributed by atoms with Crippen LogP contribution < -0.4 is 0 Å². The highest BCUT2D eigenvalue weighted by atomic mass is 16.2. The molecule has 0 radical (unpaired) electrons. The first-order chi connectivity index (χ1) is 8.16. The van der Waals surface area contributed by atoms with Gasteiger partial charge in [-0.05, 0) is 25.5 Å². The fourth-order valence-electron chi connectivity index (χ4n) is 2.05. The molecular formula is C14H17NO2. The molecule has 0 bridgehead atoms. The third-order valence-corrected chi connectivity index (χ3v) is 3.13. The van der Waals surface area contributed by atoms with Crippen molar-refractivity contribution in [2.75, 3.05) is 13.1 Å². The average Bonchev–Trinajstić information content (AvgIpc) is 2.54. The molecule has 0 N–H and O–H groups in total. The van der Waals surface area contributed by atoms with Gasteiger partial charge in [0.2, 0.25) is 0 Å². The molecule has 0 aromatic heterocycles. The van der Waals surface area contributed by atoms with Gasteiger partial charge in [0.25, 0.3) is 5.91 Å². The fraction of sp³-hybridized carbons (Fsp3) is 0.429. The molecular weight excluding hydrogens is 214 g/mol. The van der Waals surface area contributed by atoms with Gasteiger partial charge in [-0.25, -0.2) is 0 Å². The van der Waals surface area contributed by atoms with Crippen molar-refractivity contribution in [3.8, 4) is 0 Å². The summed E-state index contributed by atoms with van der Waals surface area (Å²) in [5, 5.41) is 0. The van der Waals surface area contributed by atoms with E-state index in [4.69, 9.17) is 0 Å². The molecule has 1 saturated heterocycles. The van der Waals surface area contributed by atoms with E-state index >= 15 is 0 Å². The van der Waals surface area contributed by atoms with Crippen LogP contribution in [-0.2, 0) is 4.79 Å². The second-order valence-corrected chi connectivity index (χ2v) is 4.55. The van der Waals surface area contributed by atoms with Crippen molar-refractivity contribution < 1.29 is 9.59 Å². The molecule has 1 fully saturated rings. The van der Waals surface area contributed by atoms with E-state index in [9.17, 15) is 9.59 Å². The van der Waals surface area contributed by atoms with Crippen LogP contribution in [0.4, 0.5) is 0 Å². The number of Topliss-reactive ketones (excluding diaryl/α,β-unsaturated/α-hetero) is 1. The van der Waals surface area contributed by atoms with Crippen LogP contribution in [0.5, 0.6) is 0 Å². The average molecular weight is 231 g/mol. The van der Waals surface area contributed by atoms with Crippen LogP contribution in [-0.4, -0.2) is 29.7 Å². The molecule has 1 amide bonds. The summed E-state index contributed by atoms with van der Waals surface area (Å²) in [6.07, 6.45) is 1.89. The fourth-order valence-corrected chi connectivity index (χ4v) is 2.05. The molecule has 1 aliphatic rings. The van der Waals surface area contributed by atoms with Gasteiger partial charge in [-0.3, -0.25) is 9.59 Å². The summed E-state index contributed by atoms with van der Waals surface area (Å²) in [6, 6.07) is 7.58. The lowest BCUT2D eigenvalue weighted by molar-refractivity contribution is -0.118. The predicted octanol–water partition coefficient (Wildman–Crippen LogP) is 2.19. The number of carbonyl (C=O) groups is 2. The Morgan fingerprint density at radius 2 is 1.82 bits per heavy atom.